The minimum absolute atomic E-state index is 1.10. The predicted molar refractivity (Wildman–Crippen MR) is 58.2 cm³/mol. The van der Waals surface area contributed by atoms with Crippen LogP contribution >= 0.6 is 11.8 Å². The van der Waals surface area contributed by atoms with Crippen LogP contribution in [0.3, 0.4) is 0 Å². The van der Waals surface area contributed by atoms with E-state index in [2.05, 4.69) is 48.9 Å². The van der Waals surface area contributed by atoms with Gasteiger partial charge in [-0.3, -0.25) is 0 Å². The van der Waals surface area contributed by atoms with Crippen LogP contribution in [-0.4, -0.2) is 6.26 Å². The SMILES string of the molecule is CCC(=CSC)c1ccccc1. The second-order valence-electron chi connectivity index (χ2n) is 2.60. The van der Waals surface area contributed by atoms with Crippen molar-refractivity contribution in [1.82, 2.24) is 0 Å². The Morgan fingerprint density at radius 1 is 1.33 bits per heavy atom. The third kappa shape index (κ3) is 2.42. The highest BCUT2D eigenvalue weighted by molar-refractivity contribution is 8.01. The van der Waals surface area contributed by atoms with E-state index in [0.717, 1.165) is 6.42 Å². The van der Waals surface area contributed by atoms with Crippen LogP contribution < -0.4 is 0 Å². The van der Waals surface area contributed by atoms with Crippen molar-refractivity contribution in [1.29, 1.82) is 0 Å². The van der Waals surface area contributed by atoms with E-state index < -0.39 is 0 Å². The monoisotopic (exact) mass is 178 g/mol. The van der Waals surface area contributed by atoms with E-state index in [1.54, 1.807) is 11.8 Å². The van der Waals surface area contributed by atoms with E-state index in [1.165, 1.54) is 11.1 Å². The Labute approximate surface area is 78.7 Å². The van der Waals surface area contributed by atoms with Gasteiger partial charge >= 0.3 is 0 Å². The summed E-state index contributed by atoms with van der Waals surface area (Å²) >= 11 is 1.77. The van der Waals surface area contributed by atoms with Gasteiger partial charge in [-0.2, -0.15) is 0 Å². The first kappa shape index (κ1) is 9.40. The summed E-state index contributed by atoms with van der Waals surface area (Å²) in [7, 11) is 0. The fourth-order valence-electron chi connectivity index (χ4n) is 1.15. The first-order chi connectivity index (χ1) is 5.88. The summed E-state index contributed by atoms with van der Waals surface area (Å²) in [6, 6.07) is 10.5. The molecule has 0 aliphatic rings. The lowest BCUT2D eigenvalue weighted by atomic mass is 10.1. The van der Waals surface area contributed by atoms with Crippen LogP contribution in [0.5, 0.6) is 0 Å². The van der Waals surface area contributed by atoms with Crippen LogP contribution in [-0.2, 0) is 0 Å². The molecule has 1 aromatic carbocycles. The zero-order chi connectivity index (χ0) is 8.81. The summed E-state index contributed by atoms with van der Waals surface area (Å²) < 4.78 is 0. The molecule has 64 valence electrons. The van der Waals surface area contributed by atoms with Crippen LogP contribution in [0.4, 0.5) is 0 Å². The van der Waals surface area contributed by atoms with Crippen molar-refractivity contribution in [2.45, 2.75) is 13.3 Å². The van der Waals surface area contributed by atoms with Gasteiger partial charge in [0, 0.05) is 0 Å². The molecule has 0 heterocycles. The normalized spacial score (nSPS) is 11.7. The summed E-state index contributed by atoms with van der Waals surface area (Å²) in [5.74, 6) is 0. The summed E-state index contributed by atoms with van der Waals surface area (Å²) in [6.45, 7) is 2.19. The van der Waals surface area contributed by atoms with E-state index in [4.69, 9.17) is 0 Å². The molecule has 0 nitrogen and oxygen atoms in total. The zero-order valence-corrected chi connectivity index (χ0v) is 8.40. The molecule has 0 fully saturated rings. The highest BCUT2D eigenvalue weighted by atomic mass is 32.2. The number of hydrogen-bond donors (Lipinski definition) is 0. The number of thioether (sulfide) groups is 1. The quantitative estimate of drug-likeness (QED) is 0.678. The van der Waals surface area contributed by atoms with Crippen molar-refractivity contribution in [3.8, 4) is 0 Å². The molecule has 0 saturated carbocycles. The van der Waals surface area contributed by atoms with E-state index in [0.29, 0.717) is 0 Å². The topological polar surface area (TPSA) is 0 Å². The Morgan fingerprint density at radius 2 is 2.00 bits per heavy atom. The minimum atomic E-state index is 1.10. The maximum Gasteiger partial charge on any atom is -0.0142 e. The van der Waals surface area contributed by atoms with Crippen molar-refractivity contribution in [2.75, 3.05) is 6.26 Å². The largest absolute Gasteiger partial charge is 0.137 e. The molecular formula is C11H14S. The molecule has 12 heavy (non-hydrogen) atoms. The molecule has 0 amide bonds. The average molecular weight is 178 g/mol. The zero-order valence-electron chi connectivity index (χ0n) is 7.58. The Hall–Kier alpha value is -0.690. The molecule has 1 aromatic rings. The van der Waals surface area contributed by atoms with Crippen molar-refractivity contribution in [3.05, 3.63) is 41.3 Å². The number of allylic oxidation sites excluding steroid dienone is 1. The molecule has 0 saturated heterocycles. The molecule has 0 aliphatic heterocycles. The van der Waals surface area contributed by atoms with Gasteiger partial charge in [-0.05, 0) is 29.2 Å². The van der Waals surface area contributed by atoms with Crippen LogP contribution in [0.15, 0.2) is 35.7 Å². The first-order valence-electron chi connectivity index (χ1n) is 4.15. The summed E-state index contributed by atoms with van der Waals surface area (Å²) in [5.41, 5.74) is 2.76. The highest BCUT2D eigenvalue weighted by Crippen LogP contribution is 2.19. The maximum absolute atomic E-state index is 2.22. The van der Waals surface area contributed by atoms with E-state index in [1.807, 2.05) is 0 Å². The van der Waals surface area contributed by atoms with Crippen LogP contribution in [0, 0.1) is 0 Å². The van der Waals surface area contributed by atoms with E-state index >= 15 is 0 Å². The van der Waals surface area contributed by atoms with Crippen molar-refractivity contribution >= 4 is 17.3 Å². The molecule has 0 atom stereocenters. The van der Waals surface area contributed by atoms with Crippen LogP contribution in [0.25, 0.3) is 5.57 Å². The Kier molecular flexibility index (Phi) is 3.95. The Bertz CT molecular complexity index is 249. The third-order valence-corrected chi connectivity index (χ3v) is 2.31. The van der Waals surface area contributed by atoms with Gasteiger partial charge in [0.05, 0.1) is 0 Å². The standard InChI is InChI=1S/C11H14S/c1-3-10(9-12-2)11-7-5-4-6-8-11/h4-9H,3H2,1-2H3. The fraction of sp³-hybridized carbons (Fsp3) is 0.273. The summed E-state index contributed by atoms with van der Waals surface area (Å²) in [4.78, 5) is 0. The van der Waals surface area contributed by atoms with Gasteiger partial charge < -0.3 is 0 Å². The second kappa shape index (κ2) is 5.04. The van der Waals surface area contributed by atoms with Crippen LogP contribution in [0.1, 0.15) is 18.9 Å². The molecule has 1 rings (SSSR count). The van der Waals surface area contributed by atoms with Gasteiger partial charge in [0.25, 0.3) is 0 Å². The molecule has 0 radical (unpaired) electrons. The molecule has 1 heteroatoms. The van der Waals surface area contributed by atoms with Crippen LogP contribution in [0.2, 0.25) is 0 Å². The molecular weight excluding hydrogens is 164 g/mol. The van der Waals surface area contributed by atoms with Gasteiger partial charge in [-0.15, -0.1) is 11.8 Å². The minimum Gasteiger partial charge on any atom is -0.137 e. The molecule has 0 spiro atoms. The van der Waals surface area contributed by atoms with E-state index in [9.17, 15) is 0 Å². The maximum atomic E-state index is 2.22. The Morgan fingerprint density at radius 3 is 2.50 bits per heavy atom. The van der Waals surface area contributed by atoms with Gasteiger partial charge in [-0.25, -0.2) is 0 Å². The number of benzene rings is 1. The predicted octanol–water partition coefficient (Wildman–Crippen LogP) is 3.80. The third-order valence-electron chi connectivity index (χ3n) is 1.79. The van der Waals surface area contributed by atoms with Gasteiger partial charge in [0.2, 0.25) is 0 Å². The Balaban J connectivity index is 2.88. The van der Waals surface area contributed by atoms with Gasteiger partial charge in [0.1, 0.15) is 0 Å². The van der Waals surface area contributed by atoms with Crippen molar-refractivity contribution in [3.63, 3.8) is 0 Å². The fourth-order valence-corrected chi connectivity index (χ4v) is 1.74. The highest BCUT2D eigenvalue weighted by Gasteiger charge is 1.95. The summed E-state index contributed by atoms with van der Waals surface area (Å²) in [6.07, 6.45) is 3.20. The molecule has 0 N–H and O–H groups in total. The average Bonchev–Trinajstić information content (AvgIpc) is 2.15. The lowest BCUT2D eigenvalue weighted by Gasteiger charge is -2.02. The smallest absolute Gasteiger partial charge is 0.0142 e. The van der Waals surface area contributed by atoms with Gasteiger partial charge in [0.15, 0.2) is 0 Å². The molecule has 0 aliphatic carbocycles. The molecule has 0 bridgehead atoms. The lowest BCUT2D eigenvalue weighted by Crippen LogP contribution is -1.79. The van der Waals surface area contributed by atoms with Crippen molar-refractivity contribution in [2.24, 2.45) is 0 Å². The summed E-state index contributed by atoms with van der Waals surface area (Å²) in [5, 5.41) is 2.22. The number of hydrogen-bond acceptors (Lipinski definition) is 1. The molecule has 0 unspecified atom stereocenters. The van der Waals surface area contributed by atoms with E-state index in [-0.39, 0.29) is 0 Å². The second-order valence-corrected chi connectivity index (χ2v) is 3.31. The molecule has 0 aromatic heterocycles. The van der Waals surface area contributed by atoms with Gasteiger partial charge in [-0.1, -0.05) is 37.3 Å². The van der Waals surface area contributed by atoms with Crippen molar-refractivity contribution < 1.29 is 0 Å². The first-order valence-corrected chi connectivity index (χ1v) is 5.44. The number of rotatable bonds is 3. The lowest BCUT2D eigenvalue weighted by molar-refractivity contribution is 1.24.